The SMILES string of the molecule is CCC1C(=O)N(CC)c2ccc(OCCCNCc3ccnc(CCc4cccnc4)c3)cc2N(CC)C1=O. The van der Waals surface area contributed by atoms with Crippen LogP contribution < -0.4 is 19.9 Å². The van der Waals surface area contributed by atoms with Crippen LogP contribution in [0.4, 0.5) is 11.4 Å². The molecule has 2 aromatic heterocycles. The summed E-state index contributed by atoms with van der Waals surface area (Å²) < 4.78 is 6.04. The number of aromatic nitrogens is 2. The molecule has 206 valence electrons. The molecule has 8 heteroatoms. The number of nitrogens with zero attached hydrogens (tertiary/aromatic N) is 4. The van der Waals surface area contributed by atoms with E-state index in [2.05, 4.69) is 27.4 Å². The van der Waals surface area contributed by atoms with Crippen LogP contribution in [0.3, 0.4) is 0 Å². The highest BCUT2D eigenvalue weighted by molar-refractivity contribution is 6.17. The van der Waals surface area contributed by atoms with Gasteiger partial charge in [-0.2, -0.15) is 0 Å². The summed E-state index contributed by atoms with van der Waals surface area (Å²) >= 11 is 0. The second-order valence-electron chi connectivity index (χ2n) is 9.67. The molecule has 3 heterocycles. The van der Waals surface area contributed by atoms with Gasteiger partial charge in [0.15, 0.2) is 0 Å². The molecule has 0 saturated heterocycles. The van der Waals surface area contributed by atoms with Gasteiger partial charge in [0.05, 0.1) is 18.0 Å². The minimum absolute atomic E-state index is 0.128. The van der Waals surface area contributed by atoms with Crippen LogP contribution in [0.15, 0.2) is 61.1 Å². The lowest BCUT2D eigenvalue weighted by atomic mass is 10.0. The lowest BCUT2D eigenvalue weighted by Gasteiger charge is -2.24. The summed E-state index contributed by atoms with van der Waals surface area (Å²) in [5, 5.41) is 3.48. The zero-order valence-corrected chi connectivity index (χ0v) is 23.2. The topological polar surface area (TPSA) is 87.7 Å². The number of pyridine rings is 2. The normalized spacial score (nSPS) is 15.3. The number of carbonyl (C=O) groups is 2. The molecule has 1 aliphatic heterocycles. The third-order valence-electron chi connectivity index (χ3n) is 7.07. The number of hydrogen-bond acceptors (Lipinski definition) is 6. The molecule has 1 aliphatic rings. The maximum absolute atomic E-state index is 13.1. The number of aryl methyl sites for hydroxylation is 2. The number of rotatable bonds is 13. The highest BCUT2D eigenvalue weighted by Crippen LogP contribution is 2.38. The number of fused-ring (bicyclic) bond motifs is 1. The summed E-state index contributed by atoms with van der Waals surface area (Å²) in [6.45, 7) is 8.91. The average molecular weight is 530 g/mol. The maximum Gasteiger partial charge on any atom is 0.239 e. The number of anilines is 2. The van der Waals surface area contributed by atoms with Gasteiger partial charge in [0.2, 0.25) is 11.8 Å². The molecule has 0 saturated carbocycles. The molecule has 1 N–H and O–H groups in total. The van der Waals surface area contributed by atoms with E-state index in [9.17, 15) is 9.59 Å². The van der Waals surface area contributed by atoms with E-state index in [1.54, 1.807) is 16.0 Å². The van der Waals surface area contributed by atoms with Gasteiger partial charge in [-0.3, -0.25) is 19.6 Å². The van der Waals surface area contributed by atoms with Crippen molar-refractivity contribution in [1.29, 1.82) is 0 Å². The van der Waals surface area contributed by atoms with Crippen LogP contribution in [-0.2, 0) is 29.0 Å². The van der Waals surface area contributed by atoms with Crippen LogP contribution in [0.25, 0.3) is 0 Å². The fraction of sp³-hybridized carbons (Fsp3) is 0.419. The molecule has 4 rings (SSSR count). The average Bonchev–Trinajstić information content (AvgIpc) is 3.04. The summed E-state index contributed by atoms with van der Waals surface area (Å²) in [5.74, 6) is -0.215. The Morgan fingerprint density at radius 3 is 2.41 bits per heavy atom. The Hall–Kier alpha value is -3.78. The highest BCUT2D eigenvalue weighted by atomic mass is 16.5. The van der Waals surface area contributed by atoms with Crippen molar-refractivity contribution in [3.05, 3.63) is 77.9 Å². The molecular formula is C31H39N5O3. The second-order valence-corrected chi connectivity index (χ2v) is 9.67. The molecule has 8 nitrogen and oxygen atoms in total. The van der Waals surface area contributed by atoms with E-state index in [0.717, 1.165) is 49.4 Å². The standard InChI is InChI=1S/C31H39N5O3/c1-4-27-30(37)35(5-2)28-13-12-26(20-29(28)36(6-3)31(27)38)39-18-8-16-33-22-24-14-17-34-25(19-24)11-10-23-9-7-15-32-21-23/h7,9,12-15,17,19-21,27,33H,4-6,8,10-11,16,18,22H2,1-3H3. The van der Waals surface area contributed by atoms with Gasteiger partial charge in [-0.05, 0) is 87.5 Å². The lowest BCUT2D eigenvalue weighted by molar-refractivity contribution is -0.132. The van der Waals surface area contributed by atoms with E-state index in [1.807, 2.05) is 63.5 Å². The van der Waals surface area contributed by atoms with Crippen molar-refractivity contribution in [1.82, 2.24) is 15.3 Å². The molecule has 2 amide bonds. The number of nitrogens with one attached hydrogen (secondary N) is 1. The van der Waals surface area contributed by atoms with Crippen LogP contribution in [-0.4, -0.2) is 48.0 Å². The van der Waals surface area contributed by atoms with Crippen molar-refractivity contribution < 1.29 is 14.3 Å². The van der Waals surface area contributed by atoms with E-state index in [4.69, 9.17) is 4.74 Å². The Morgan fingerprint density at radius 2 is 1.69 bits per heavy atom. The molecule has 0 spiro atoms. The monoisotopic (exact) mass is 529 g/mol. The quantitative estimate of drug-likeness (QED) is 0.258. The Labute approximate surface area is 231 Å². The van der Waals surface area contributed by atoms with Crippen LogP contribution in [0, 0.1) is 5.92 Å². The van der Waals surface area contributed by atoms with Crippen molar-refractivity contribution in [2.24, 2.45) is 5.92 Å². The van der Waals surface area contributed by atoms with E-state index in [-0.39, 0.29) is 11.8 Å². The molecule has 3 aromatic rings. The van der Waals surface area contributed by atoms with E-state index < -0.39 is 5.92 Å². The summed E-state index contributed by atoms with van der Waals surface area (Å²) in [7, 11) is 0. The lowest BCUT2D eigenvalue weighted by Crippen LogP contribution is -2.41. The third-order valence-corrected chi connectivity index (χ3v) is 7.07. The van der Waals surface area contributed by atoms with Crippen molar-refractivity contribution in [3.63, 3.8) is 0 Å². The molecule has 0 bridgehead atoms. The Bertz CT molecular complexity index is 1250. The third kappa shape index (κ3) is 7.00. The number of benzene rings is 1. The first-order valence-electron chi connectivity index (χ1n) is 14.0. The summed E-state index contributed by atoms with van der Waals surface area (Å²) in [6.07, 6.45) is 8.70. The van der Waals surface area contributed by atoms with Gasteiger partial charge in [-0.1, -0.05) is 13.0 Å². The Kier molecular flexibility index (Phi) is 10.0. The number of hydrogen-bond donors (Lipinski definition) is 1. The number of amides is 2. The summed E-state index contributed by atoms with van der Waals surface area (Å²) in [5.41, 5.74) is 5.01. The molecular weight excluding hydrogens is 490 g/mol. The minimum atomic E-state index is -0.648. The summed E-state index contributed by atoms with van der Waals surface area (Å²) in [6, 6.07) is 13.9. The maximum atomic E-state index is 13.1. The largest absolute Gasteiger partial charge is 0.493 e. The minimum Gasteiger partial charge on any atom is -0.493 e. The predicted molar refractivity (Wildman–Crippen MR) is 154 cm³/mol. The number of ether oxygens (including phenoxy) is 1. The van der Waals surface area contributed by atoms with Gasteiger partial charge in [-0.15, -0.1) is 0 Å². The predicted octanol–water partition coefficient (Wildman–Crippen LogP) is 4.57. The van der Waals surface area contributed by atoms with Crippen molar-refractivity contribution in [2.75, 3.05) is 36.0 Å². The van der Waals surface area contributed by atoms with Crippen LogP contribution in [0.1, 0.15) is 50.4 Å². The summed E-state index contributed by atoms with van der Waals surface area (Å²) in [4.78, 5) is 38.3. The van der Waals surface area contributed by atoms with Gasteiger partial charge in [0.25, 0.3) is 0 Å². The van der Waals surface area contributed by atoms with E-state index in [1.165, 1.54) is 11.1 Å². The van der Waals surface area contributed by atoms with Gasteiger partial charge < -0.3 is 19.9 Å². The van der Waals surface area contributed by atoms with Crippen LogP contribution in [0.2, 0.25) is 0 Å². The molecule has 0 fully saturated rings. The number of carbonyl (C=O) groups excluding carboxylic acids is 2. The van der Waals surface area contributed by atoms with Gasteiger partial charge in [0, 0.05) is 50.0 Å². The second kappa shape index (κ2) is 13.8. The smallest absolute Gasteiger partial charge is 0.239 e. The molecule has 1 aromatic carbocycles. The first kappa shape index (κ1) is 28.2. The fourth-order valence-electron chi connectivity index (χ4n) is 4.97. The molecule has 1 atom stereocenters. The Morgan fingerprint density at radius 1 is 0.897 bits per heavy atom. The van der Waals surface area contributed by atoms with Crippen LogP contribution in [0.5, 0.6) is 5.75 Å². The molecule has 1 unspecified atom stereocenters. The van der Waals surface area contributed by atoms with E-state index in [0.29, 0.717) is 31.9 Å². The van der Waals surface area contributed by atoms with Crippen molar-refractivity contribution in [2.45, 2.75) is 53.0 Å². The van der Waals surface area contributed by atoms with Gasteiger partial charge in [0.1, 0.15) is 11.7 Å². The Balaban J connectivity index is 1.27. The van der Waals surface area contributed by atoms with Crippen LogP contribution >= 0.6 is 0 Å². The van der Waals surface area contributed by atoms with Gasteiger partial charge >= 0.3 is 0 Å². The zero-order chi connectivity index (χ0) is 27.6. The van der Waals surface area contributed by atoms with Gasteiger partial charge in [-0.25, -0.2) is 0 Å². The van der Waals surface area contributed by atoms with Crippen molar-refractivity contribution >= 4 is 23.2 Å². The fourth-order valence-corrected chi connectivity index (χ4v) is 4.97. The molecule has 0 radical (unpaired) electrons. The molecule has 39 heavy (non-hydrogen) atoms. The van der Waals surface area contributed by atoms with Crippen molar-refractivity contribution in [3.8, 4) is 5.75 Å². The first-order chi connectivity index (χ1) is 19.0. The first-order valence-corrected chi connectivity index (χ1v) is 14.0. The highest BCUT2D eigenvalue weighted by Gasteiger charge is 2.38. The molecule has 0 aliphatic carbocycles. The van der Waals surface area contributed by atoms with E-state index >= 15 is 0 Å². The zero-order valence-electron chi connectivity index (χ0n) is 23.2.